The molecule has 6 nitrogen and oxygen atoms in total. The summed E-state index contributed by atoms with van der Waals surface area (Å²) in [5.41, 5.74) is 1.34. The van der Waals surface area contributed by atoms with Gasteiger partial charge >= 0.3 is 6.61 Å². The molecular weight excluding hydrogens is 410 g/mol. The standard InChI is InChI=1S/C18H15ClF2N4O2S/c1-25-16(11-2-8-14(9-3-11)27-17(20)21)23-24-18(25)28-10-15(26)22-13-6-4-12(19)5-7-13/h2-9,17H,10H2,1H3,(H,22,26). The van der Waals surface area contributed by atoms with Crippen LogP contribution in [0.4, 0.5) is 14.5 Å². The molecule has 0 saturated heterocycles. The molecule has 0 aliphatic heterocycles. The van der Waals surface area contributed by atoms with Crippen LogP contribution in [0.2, 0.25) is 5.02 Å². The van der Waals surface area contributed by atoms with E-state index in [-0.39, 0.29) is 17.4 Å². The average molecular weight is 425 g/mol. The lowest BCUT2D eigenvalue weighted by Crippen LogP contribution is -2.14. The van der Waals surface area contributed by atoms with Crippen molar-refractivity contribution < 1.29 is 18.3 Å². The van der Waals surface area contributed by atoms with Crippen LogP contribution in [0.15, 0.2) is 53.7 Å². The topological polar surface area (TPSA) is 69.0 Å². The Morgan fingerprint density at radius 2 is 1.86 bits per heavy atom. The van der Waals surface area contributed by atoms with E-state index in [9.17, 15) is 13.6 Å². The molecule has 3 rings (SSSR count). The molecule has 146 valence electrons. The summed E-state index contributed by atoms with van der Waals surface area (Å²) in [5, 5.41) is 12.1. The molecule has 1 amide bonds. The normalized spacial score (nSPS) is 10.9. The Balaban J connectivity index is 1.61. The molecular formula is C18H15ClF2N4O2S. The van der Waals surface area contributed by atoms with Gasteiger partial charge in [0.05, 0.1) is 5.75 Å². The Hall–Kier alpha value is -2.65. The molecule has 1 heterocycles. The van der Waals surface area contributed by atoms with Crippen LogP contribution < -0.4 is 10.1 Å². The van der Waals surface area contributed by atoms with Gasteiger partial charge in [0.1, 0.15) is 5.75 Å². The van der Waals surface area contributed by atoms with Crippen molar-refractivity contribution in [2.24, 2.45) is 7.05 Å². The van der Waals surface area contributed by atoms with Crippen molar-refractivity contribution in [1.82, 2.24) is 14.8 Å². The first kappa shape index (κ1) is 20.1. The number of nitrogens with zero attached hydrogens (tertiary/aromatic N) is 3. The number of alkyl halides is 2. The maximum atomic E-state index is 12.2. The molecule has 0 aliphatic rings. The highest BCUT2D eigenvalue weighted by molar-refractivity contribution is 7.99. The predicted octanol–water partition coefficient (Wildman–Crippen LogP) is 4.47. The van der Waals surface area contributed by atoms with Crippen LogP contribution in [0, 0.1) is 0 Å². The number of nitrogens with one attached hydrogen (secondary N) is 1. The fourth-order valence-electron chi connectivity index (χ4n) is 2.34. The first-order chi connectivity index (χ1) is 13.4. The number of anilines is 1. The third kappa shape index (κ3) is 5.20. The minimum atomic E-state index is -2.87. The number of hydrogen-bond donors (Lipinski definition) is 1. The lowest BCUT2D eigenvalue weighted by atomic mass is 10.2. The number of ether oxygens (including phenoxy) is 1. The molecule has 0 fully saturated rings. The van der Waals surface area contributed by atoms with E-state index in [4.69, 9.17) is 11.6 Å². The number of thioether (sulfide) groups is 1. The second-order valence-electron chi connectivity index (χ2n) is 5.61. The third-order valence-electron chi connectivity index (χ3n) is 3.63. The number of aromatic nitrogens is 3. The number of hydrogen-bond acceptors (Lipinski definition) is 5. The van der Waals surface area contributed by atoms with Gasteiger partial charge in [0.2, 0.25) is 5.91 Å². The summed E-state index contributed by atoms with van der Waals surface area (Å²) in [7, 11) is 1.76. The van der Waals surface area contributed by atoms with E-state index < -0.39 is 6.61 Å². The van der Waals surface area contributed by atoms with Crippen molar-refractivity contribution in [2.75, 3.05) is 11.1 Å². The van der Waals surface area contributed by atoms with Crippen LogP contribution in [0.1, 0.15) is 0 Å². The van der Waals surface area contributed by atoms with Crippen molar-refractivity contribution in [3.63, 3.8) is 0 Å². The molecule has 0 unspecified atom stereocenters. The fourth-order valence-corrected chi connectivity index (χ4v) is 3.17. The summed E-state index contributed by atoms with van der Waals surface area (Å²) in [6.07, 6.45) is 0. The SMILES string of the molecule is Cn1c(SCC(=O)Nc2ccc(Cl)cc2)nnc1-c1ccc(OC(F)F)cc1. The Labute approximate surface area is 168 Å². The number of amides is 1. The molecule has 2 aromatic carbocycles. The molecule has 0 aliphatic carbocycles. The van der Waals surface area contributed by atoms with Gasteiger partial charge in [0, 0.05) is 23.3 Å². The Kier molecular flexibility index (Phi) is 6.48. The summed E-state index contributed by atoms with van der Waals surface area (Å²) < 4.78 is 30.5. The largest absolute Gasteiger partial charge is 0.435 e. The highest BCUT2D eigenvalue weighted by Crippen LogP contribution is 2.25. The van der Waals surface area contributed by atoms with E-state index in [1.807, 2.05) is 0 Å². The first-order valence-electron chi connectivity index (χ1n) is 8.05. The van der Waals surface area contributed by atoms with Crippen molar-refractivity contribution in [3.8, 4) is 17.1 Å². The summed E-state index contributed by atoms with van der Waals surface area (Å²) >= 11 is 7.05. The average Bonchev–Trinajstić information content (AvgIpc) is 3.03. The van der Waals surface area contributed by atoms with Crippen LogP contribution in [0.5, 0.6) is 5.75 Å². The minimum absolute atomic E-state index is 0.0642. The van der Waals surface area contributed by atoms with E-state index in [2.05, 4.69) is 20.3 Å². The van der Waals surface area contributed by atoms with Gasteiger partial charge in [-0.05, 0) is 48.5 Å². The lowest BCUT2D eigenvalue weighted by Gasteiger charge is -2.07. The summed E-state index contributed by atoms with van der Waals surface area (Å²) in [6.45, 7) is -2.87. The Morgan fingerprint density at radius 3 is 2.50 bits per heavy atom. The van der Waals surface area contributed by atoms with Gasteiger partial charge in [0.15, 0.2) is 11.0 Å². The van der Waals surface area contributed by atoms with Crippen LogP contribution >= 0.6 is 23.4 Å². The molecule has 1 N–H and O–H groups in total. The third-order valence-corrected chi connectivity index (χ3v) is 4.91. The van der Waals surface area contributed by atoms with Gasteiger partial charge in [0.25, 0.3) is 0 Å². The molecule has 0 radical (unpaired) electrons. The maximum Gasteiger partial charge on any atom is 0.387 e. The van der Waals surface area contributed by atoms with Gasteiger partial charge in [-0.15, -0.1) is 10.2 Å². The fraction of sp³-hybridized carbons (Fsp3) is 0.167. The monoisotopic (exact) mass is 424 g/mol. The first-order valence-corrected chi connectivity index (χ1v) is 9.41. The van der Waals surface area contributed by atoms with E-state index in [0.717, 1.165) is 0 Å². The van der Waals surface area contributed by atoms with E-state index in [0.29, 0.717) is 27.3 Å². The zero-order valence-corrected chi connectivity index (χ0v) is 16.2. The number of halogens is 3. The molecule has 0 saturated carbocycles. The van der Waals surface area contributed by atoms with Gasteiger partial charge in [-0.3, -0.25) is 4.79 Å². The zero-order chi connectivity index (χ0) is 20.1. The molecule has 0 bridgehead atoms. The van der Waals surface area contributed by atoms with Crippen LogP contribution in [0.25, 0.3) is 11.4 Å². The van der Waals surface area contributed by atoms with Gasteiger partial charge in [-0.1, -0.05) is 23.4 Å². The van der Waals surface area contributed by atoms with Crippen molar-refractivity contribution in [1.29, 1.82) is 0 Å². The van der Waals surface area contributed by atoms with Gasteiger partial charge in [-0.2, -0.15) is 8.78 Å². The minimum Gasteiger partial charge on any atom is -0.435 e. The number of carbonyl (C=O) groups excluding carboxylic acids is 1. The maximum absolute atomic E-state index is 12.2. The van der Waals surface area contributed by atoms with Crippen LogP contribution in [0.3, 0.4) is 0 Å². The molecule has 28 heavy (non-hydrogen) atoms. The number of rotatable bonds is 7. The van der Waals surface area contributed by atoms with Gasteiger partial charge < -0.3 is 14.6 Å². The molecule has 0 spiro atoms. The molecule has 0 atom stereocenters. The smallest absolute Gasteiger partial charge is 0.387 e. The van der Waals surface area contributed by atoms with Crippen molar-refractivity contribution in [3.05, 3.63) is 53.6 Å². The van der Waals surface area contributed by atoms with Gasteiger partial charge in [-0.25, -0.2) is 0 Å². The van der Waals surface area contributed by atoms with Crippen LogP contribution in [-0.2, 0) is 11.8 Å². The summed E-state index contributed by atoms with van der Waals surface area (Å²) in [5.74, 6) is 0.569. The molecule has 3 aromatic rings. The second kappa shape index (κ2) is 9.03. The van der Waals surface area contributed by atoms with Crippen molar-refractivity contribution >= 4 is 35.0 Å². The van der Waals surface area contributed by atoms with E-state index >= 15 is 0 Å². The highest BCUT2D eigenvalue weighted by Gasteiger charge is 2.14. The summed E-state index contributed by atoms with van der Waals surface area (Å²) in [6, 6.07) is 12.9. The Morgan fingerprint density at radius 1 is 1.18 bits per heavy atom. The summed E-state index contributed by atoms with van der Waals surface area (Å²) in [4.78, 5) is 12.1. The second-order valence-corrected chi connectivity index (χ2v) is 6.99. The van der Waals surface area contributed by atoms with E-state index in [1.165, 1.54) is 23.9 Å². The lowest BCUT2D eigenvalue weighted by molar-refractivity contribution is -0.113. The quantitative estimate of drug-likeness (QED) is 0.567. The highest BCUT2D eigenvalue weighted by atomic mass is 35.5. The molecule has 1 aromatic heterocycles. The predicted molar refractivity (Wildman–Crippen MR) is 104 cm³/mol. The number of carbonyl (C=O) groups is 1. The Bertz CT molecular complexity index is 949. The number of benzene rings is 2. The van der Waals surface area contributed by atoms with E-state index in [1.54, 1.807) is 48.0 Å². The van der Waals surface area contributed by atoms with Crippen LogP contribution in [-0.4, -0.2) is 33.0 Å². The molecule has 10 heteroatoms. The van der Waals surface area contributed by atoms with Crippen molar-refractivity contribution in [2.45, 2.75) is 11.8 Å². The zero-order valence-electron chi connectivity index (χ0n) is 14.6.